The highest BCUT2D eigenvalue weighted by Gasteiger charge is 2.18. The molecule has 6 nitrogen and oxygen atoms in total. The van der Waals surface area contributed by atoms with E-state index in [9.17, 15) is 19.8 Å². The summed E-state index contributed by atoms with van der Waals surface area (Å²) in [4.78, 5) is 24.4. The second-order valence-electron chi connectivity index (χ2n) is 21.7. The number of aliphatic hydroxyl groups is 2. The standard InChI is InChI=1S/C64H123NO5/c1-3-5-7-9-11-13-37-42-46-50-54-58-64(69)70-59-55-51-47-43-39-36-34-32-30-28-26-24-22-20-18-16-15-17-19-21-23-25-27-29-31-33-35-38-41-45-49-53-57-63(68)65-61(60-66)62(67)56-52-48-44-40-14-12-10-8-6-4-2/h9,11,52,56,61-62,66-67H,3-8,10,12-51,53-55,57-60H2,1-2H3,(H,65,68)/b11-9-,56-52+. The molecular weight excluding hydrogens is 863 g/mol. The van der Waals surface area contributed by atoms with Crippen molar-refractivity contribution in [2.75, 3.05) is 13.2 Å². The molecule has 0 aliphatic rings. The molecule has 3 N–H and O–H groups in total. The lowest BCUT2D eigenvalue weighted by molar-refractivity contribution is -0.143. The molecule has 414 valence electrons. The average molecular weight is 987 g/mol. The number of rotatable bonds is 59. The summed E-state index contributed by atoms with van der Waals surface area (Å²) in [7, 11) is 0. The summed E-state index contributed by atoms with van der Waals surface area (Å²) in [5, 5.41) is 23.0. The molecular formula is C64H123NO5. The van der Waals surface area contributed by atoms with Crippen molar-refractivity contribution in [1.82, 2.24) is 5.32 Å². The molecule has 2 unspecified atom stereocenters. The molecule has 0 saturated heterocycles. The van der Waals surface area contributed by atoms with Gasteiger partial charge in [-0.05, 0) is 51.4 Å². The van der Waals surface area contributed by atoms with Crippen LogP contribution < -0.4 is 5.32 Å². The van der Waals surface area contributed by atoms with E-state index in [0.29, 0.717) is 19.4 Å². The molecule has 1 amide bonds. The van der Waals surface area contributed by atoms with E-state index in [4.69, 9.17) is 4.74 Å². The van der Waals surface area contributed by atoms with Crippen molar-refractivity contribution in [3.8, 4) is 0 Å². The molecule has 0 aromatic heterocycles. The summed E-state index contributed by atoms with van der Waals surface area (Å²) in [6.45, 7) is 4.86. The van der Waals surface area contributed by atoms with E-state index >= 15 is 0 Å². The van der Waals surface area contributed by atoms with Crippen LogP contribution in [0.3, 0.4) is 0 Å². The molecule has 0 fully saturated rings. The topological polar surface area (TPSA) is 95.9 Å². The minimum absolute atomic E-state index is 0.00981. The Morgan fingerprint density at radius 1 is 0.386 bits per heavy atom. The van der Waals surface area contributed by atoms with Gasteiger partial charge in [-0.15, -0.1) is 0 Å². The van der Waals surface area contributed by atoms with Crippen LogP contribution >= 0.6 is 0 Å². The van der Waals surface area contributed by atoms with Gasteiger partial charge in [0.05, 0.1) is 25.4 Å². The zero-order chi connectivity index (χ0) is 50.7. The SMILES string of the molecule is CCCC/C=C\CCCCCCCC(=O)OCCCCCCCCCCCCCCCCCCCCCCCCCCCCCCCCCCC(=O)NC(CO)C(O)/C=C/CCCCCCCCCC. The molecule has 6 heteroatoms. The maximum atomic E-state index is 12.4. The number of nitrogens with one attached hydrogen (secondary N) is 1. The number of hydrogen-bond donors (Lipinski definition) is 3. The Balaban J connectivity index is 3.31. The minimum atomic E-state index is -0.838. The van der Waals surface area contributed by atoms with Gasteiger partial charge in [0, 0.05) is 12.8 Å². The number of amides is 1. The third kappa shape index (κ3) is 55.7. The van der Waals surface area contributed by atoms with E-state index in [2.05, 4.69) is 31.3 Å². The van der Waals surface area contributed by atoms with E-state index in [1.165, 1.54) is 276 Å². The van der Waals surface area contributed by atoms with Crippen LogP contribution in [0.4, 0.5) is 0 Å². The van der Waals surface area contributed by atoms with Gasteiger partial charge in [0.15, 0.2) is 0 Å². The molecule has 0 spiro atoms. The average Bonchev–Trinajstić information content (AvgIpc) is 3.36. The van der Waals surface area contributed by atoms with Crippen molar-refractivity contribution in [1.29, 1.82) is 0 Å². The lowest BCUT2D eigenvalue weighted by atomic mass is 10.0. The van der Waals surface area contributed by atoms with Gasteiger partial charge in [-0.3, -0.25) is 9.59 Å². The first kappa shape index (κ1) is 68.3. The molecule has 70 heavy (non-hydrogen) atoms. The Kier molecular flexibility index (Phi) is 58.5. The summed E-state index contributed by atoms with van der Waals surface area (Å²) < 4.78 is 5.46. The number of allylic oxidation sites excluding steroid dienone is 3. The van der Waals surface area contributed by atoms with Crippen molar-refractivity contribution in [3.05, 3.63) is 24.3 Å². The van der Waals surface area contributed by atoms with Crippen LogP contribution in [0.25, 0.3) is 0 Å². The van der Waals surface area contributed by atoms with Gasteiger partial charge in [-0.25, -0.2) is 0 Å². The number of carbonyl (C=O) groups excluding carboxylic acids is 2. The minimum Gasteiger partial charge on any atom is -0.466 e. The van der Waals surface area contributed by atoms with Gasteiger partial charge in [0.25, 0.3) is 0 Å². The van der Waals surface area contributed by atoms with Crippen LogP contribution in [0, 0.1) is 0 Å². The van der Waals surface area contributed by atoms with Gasteiger partial charge in [0.1, 0.15) is 0 Å². The van der Waals surface area contributed by atoms with Crippen molar-refractivity contribution >= 4 is 11.9 Å². The van der Waals surface area contributed by atoms with E-state index in [1.807, 2.05) is 6.08 Å². The molecule has 0 aliphatic carbocycles. The van der Waals surface area contributed by atoms with Crippen LogP contribution in [0.5, 0.6) is 0 Å². The summed E-state index contributed by atoms with van der Waals surface area (Å²) in [6.07, 6.45) is 74.0. The fourth-order valence-corrected chi connectivity index (χ4v) is 9.85. The summed E-state index contributed by atoms with van der Waals surface area (Å²) in [5.41, 5.74) is 0. The molecule has 0 aliphatic heterocycles. The fourth-order valence-electron chi connectivity index (χ4n) is 9.85. The van der Waals surface area contributed by atoms with Gasteiger partial charge in [0.2, 0.25) is 5.91 Å². The van der Waals surface area contributed by atoms with Gasteiger partial charge in [-0.1, -0.05) is 308 Å². The highest BCUT2D eigenvalue weighted by molar-refractivity contribution is 5.76. The lowest BCUT2D eigenvalue weighted by Gasteiger charge is -2.20. The van der Waals surface area contributed by atoms with Crippen LogP contribution in [0.2, 0.25) is 0 Å². The molecule has 2 atom stereocenters. The first-order chi connectivity index (χ1) is 34.5. The summed E-state index contributed by atoms with van der Waals surface area (Å²) >= 11 is 0. The summed E-state index contributed by atoms with van der Waals surface area (Å²) in [6, 6.07) is -0.622. The molecule has 0 aromatic carbocycles. The number of hydrogen-bond acceptors (Lipinski definition) is 5. The van der Waals surface area contributed by atoms with Crippen molar-refractivity contribution in [2.24, 2.45) is 0 Å². The van der Waals surface area contributed by atoms with Gasteiger partial charge in [-0.2, -0.15) is 0 Å². The zero-order valence-corrected chi connectivity index (χ0v) is 47.3. The Hall–Kier alpha value is -1.66. The van der Waals surface area contributed by atoms with Crippen molar-refractivity contribution in [2.45, 2.75) is 360 Å². The predicted molar refractivity (Wildman–Crippen MR) is 306 cm³/mol. The fraction of sp³-hybridized carbons (Fsp3) is 0.906. The van der Waals surface area contributed by atoms with Gasteiger partial charge >= 0.3 is 5.97 Å². The quantitative estimate of drug-likeness (QED) is 0.0321. The molecule has 0 bridgehead atoms. The number of carbonyl (C=O) groups is 2. The van der Waals surface area contributed by atoms with Crippen molar-refractivity contribution in [3.63, 3.8) is 0 Å². The molecule has 0 saturated carbocycles. The van der Waals surface area contributed by atoms with Crippen molar-refractivity contribution < 1.29 is 24.5 Å². The largest absolute Gasteiger partial charge is 0.466 e. The van der Waals surface area contributed by atoms with E-state index in [1.54, 1.807) is 6.08 Å². The van der Waals surface area contributed by atoms with Crippen LogP contribution in [0.15, 0.2) is 24.3 Å². The van der Waals surface area contributed by atoms with Gasteiger partial charge < -0.3 is 20.3 Å². The number of aliphatic hydroxyl groups excluding tert-OH is 2. The third-order valence-corrected chi connectivity index (χ3v) is 14.7. The van der Waals surface area contributed by atoms with Crippen LogP contribution in [-0.2, 0) is 14.3 Å². The normalized spacial score (nSPS) is 12.7. The monoisotopic (exact) mass is 986 g/mol. The zero-order valence-electron chi connectivity index (χ0n) is 47.3. The molecule has 0 radical (unpaired) electrons. The second kappa shape index (κ2) is 59.9. The summed E-state index contributed by atoms with van der Waals surface area (Å²) in [5.74, 6) is -0.0545. The Morgan fingerprint density at radius 3 is 1.06 bits per heavy atom. The lowest BCUT2D eigenvalue weighted by Crippen LogP contribution is -2.45. The number of unbranched alkanes of at least 4 members (excludes halogenated alkanes) is 46. The number of ether oxygens (including phenoxy) is 1. The second-order valence-corrected chi connectivity index (χ2v) is 21.7. The smallest absolute Gasteiger partial charge is 0.305 e. The molecule has 0 heterocycles. The number of esters is 1. The van der Waals surface area contributed by atoms with E-state index < -0.39 is 12.1 Å². The maximum Gasteiger partial charge on any atom is 0.305 e. The maximum absolute atomic E-state index is 12.4. The molecule has 0 rings (SSSR count). The van der Waals surface area contributed by atoms with E-state index in [0.717, 1.165) is 44.9 Å². The highest BCUT2D eigenvalue weighted by atomic mass is 16.5. The molecule has 0 aromatic rings. The Labute approximate surface area is 437 Å². The highest BCUT2D eigenvalue weighted by Crippen LogP contribution is 2.18. The van der Waals surface area contributed by atoms with Crippen LogP contribution in [-0.4, -0.2) is 47.4 Å². The first-order valence-corrected chi connectivity index (χ1v) is 31.6. The third-order valence-electron chi connectivity index (χ3n) is 14.7. The predicted octanol–water partition coefficient (Wildman–Crippen LogP) is 19.8. The van der Waals surface area contributed by atoms with Crippen LogP contribution in [0.1, 0.15) is 348 Å². The Morgan fingerprint density at radius 2 is 0.686 bits per heavy atom. The first-order valence-electron chi connectivity index (χ1n) is 31.6. The van der Waals surface area contributed by atoms with E-state index in [-0.39, 0.29) is 18.5 Å². The Bertz CT molecular complexity index is 1090.